The van der Waals surface area contributed by atoms with Crippen molar-refractivity contribution in [2.24, 2.45) is 0 Å². The Labute approximate surface area is 340 Å². The molecular formula is C56H35NO2. The monoisotopic (exact) mass is 753 g/mol. The van der Waals surface area contributed by atoms with Crippen LogP contribution in [0.4, 0.5) is 17.1 Å². The molecule has 0 unspecified atom stereocenters. The first-order valence-electron chi connectivity index (χ1n) is 20.1. The van der Waals surface area contributed by atoms with Gasteiger partial charge in [-0.3, -0.25) is 0 Å². The number of fused-ring (bicyclic) bond motifs is 8. The molecule has 0 saturated carbocycles. The summed E-state index contributed by atoms with van der Waals surface area (Å²) < 4.78 is 13.4. The second kappa shape index (κ2) is 13.4. The number of rotatable bonds is 6. The summed E-state index contributed by atoms with van der Waals surface area (Å²) in [5.41, 5.74) is 13.4. The number of nitrogens with zero attached hydrogens (tertiary/aromatic N) is 1. The van der Waals surface area contributed by atoms with Crippen LogP contribution < -0.4 is 4.90 Å². The molecule has 0 fully saturated rings. The summed E-state index contributed by atoms with van der Waals surface area (Å²) >= 11 is 0. The predicted octanol–water partition coefficient (Wildman–Crippen LogP) is 16.3. The number of para-hydroxylation sites is 2. The van der Waals surface area contributed by atoms with E-state index in [1.54, 1.807) is 0 Å². The highest BCUT2D eigenvalue weighted by atomic mass is 16.3. The third-order valence-electron chi connectivity index (χ3n) is 11.8. The lowest BCUT2D eigenvalue weighted by molar-refractivity contribution is 0.670. The quantitative estimate of drug-likeness (QED) is 0.169. The zero-order valence-electron chi connectivity index (χ0n) is 32.0. The van der Waals surface area contributed by atoms with Gasteiger partial charge in [-0.05, 0) is 98.4 Å². The number of hydrogen-bond donors (Lipinski definition) is 0. The Kier molecular flexibility index (Phi) is 7.54. The largest absolute Gasteiger partial charge is 0.455 e. The molecule has 3 heteroatoms. The fourth-order valence-corrected chi connectivity index (χ4v) is 8.98. The summed E-state index contributed by atoms with van der Waals surface area (Å²) in [6.45, 7) is 0. The maximum absolute atomic E-state index is 7.00. The van der Waals surface area contributed by atoms with Crippen molar-refractivity contribution in [2.75, 3.05) is 4.90 Å². The second-order valence-corrected chi connectivity index (χ2v) is 15.3. The van der Waals surface area contributed by atoms with Crippen LogP contribution in [-0.2, 0) is 0 Å². The first-order chi connectivity index (χ1) is 29.2. The molecule has 3 nitrogen and oxygen atoms in total. The maximum atomic E-state index is 7.00. The van der Waals surface area contributed by atoms with Crippen LogP contribution in [-0.4, -0.2) is 0 Å². The van der Waals surface area contributed by atoms with E-state index in [-0.39, 0.29) is 0 Å². The molecule has 0 amide bonds. The Morgan fingerprint density at radius 3 is 1.69 bits per heavy atom. The van der Waals surface area contributed by atoms with Crippen molar-refractivity contribution < 1.29 is 8.83 Å². The van der Waals surface area contributed by atoms with E-state index >= 15 is 0 Å². The molecule has 0 saturated heterocycles. The Hall–Kier alpha value is -7.88. The highest BCUT2D eigenvalue weighted by Crippen LogP contribution is 2.45. The van der Waals surface area contributed by atoms with Gasteiger partial charge in [0.15, 0.2) is 0 Å². The molecule has 12 aromatic rings. The van der Waals surface area contributed by atoms with Crippen molar-refractivity contribution >= 4 is 82.5 Å². The molecule has 0 aliphatic rings. The van der Waals surface area contributed by atoms with E-state index in [1.807, 2.05) is 12.1 Å². The number of anilines is 3. The van der Waals surface area contributed by atoms with Gasteiger partial charge in [-0.15, -0.1) is 0 Å². The maximum Gasteiger partial charge on any atom is 0.143 e. The molecule has 2 heterocycles. The van der Waals surface area contributed by atoms with Gasteiger partial charge < -0.3 is 13.7 Å². The molecule has 0 aliphatic carbocycles. The molecule has 0 atom stereocenters. The molecule has 12 rings (SSSR count). The molecule has 0 bridgehead atoms. The minimum absolute atomic E-state index is 0.842. The van der Waals surface area contributed by atoms with E-state index in [4.69, 9.17) is 8.83 Å². The first kappa shape index (κ1) is 33.3. The topological polar surface area (TPSA) is 29.5 Å². The van der Waals surface area contributed by atoms with E-state index in [9.17, 15) is 0 Å². The van der Waals surface area contributed by atoms with Crippen LogP contribution in [0.3, 0.4) is 0 Å². The molecular weight excluding hydrogens is 719 g/mol. The van der Waals surface area contributed by atoms with Crippen LogP contribution in [0.15, 0.2) is 221 Å². The fourth-order valence-electron chi connectivity index (χ4n) is 8.98. The lowest BCUT2D eigenvalue weighted by Crippen LogP contribution is -2.09. The first-order valence-corrected chi connectivity index (χ1v) is 20.1. The minimum atomic E-state index is 0.842. The SMILES string of the molecule is c1ccc(-c2ccc(N(c3ccc(-c4cccc5c4oc4ccccc45)cc3)c3ccc4c(c3)oc3c(-c5ccc6ccccc6c5)c5ccccc5cc34)cc2)cc1. The standard InChI is InChI=1S/C56H35NO2/c1-2-11-36(12-3-1)38-23-27-43(28-24-38)57(44-29-25-39(26-30-44)47-18-10-19-50-48-17-8-9-20-52(48)58-55(47)50)45-31-32-49-51-34-41-15-6-7-16-46(41)54(56(51)59-53(49)35-45)42-22-21-37-13-4-5-14-40(37)33-42/h1-35H. The van der Waals surface area contributed by atoms with Gasteiger partial charge in [0.2, 0.25) is 0 Å². The third kappa shape index (κ3) is 5.51. The Morgan fingerprint density at radius 2 is 0.881 bits per heavy atom. The molecule has 276 valence electrons. The zero-order chi connectivity index (χ0) is 38.9. The van der Waals surface area contributed by atoms with Crippen molar-refractivity contribution in [2.45, 2.75) is 0 Å². The average molecular weight is 754 g/mol. The van der Waals surface area contributed by atoms with E-state index in [1.165, 1.54) is 32.7 Å². The molecule has 10 aromatic carbocycles. The van der Waals surface area contributed by atoms with E-state index < -0.39 is 0 Å². The summed E-state index contributed by atoms with van der Waals surface area (Å²) in [5.74, 6) is 0. The minimum Gasteiger partial charge on any atom is -0.455 e. The zero-order valence-corrected chi connectivity index (χ0v) is 32.0. The second-order valence-electron chi connectivity index (χ2n) is 15.3. The molecule has 0 spiro atoms. The van der Waals surface area contributed by atoms with Gasteiger partial charge in [0.25, 0.3) is 0 Å². The lowest BCUT2D eigenvalue weighted by atomic mass is 9.94. The molecule has 0 N–H and O–H groups in total. The van der Waals surface area contributed by atoms with Crippen molar-refractivity contribution in [3.8, 4) is 33.4 Å². The van der Waals surface area contributed by atoms with E-state index in [2.05, 4.69) is 205 Å². The predicted molar refractivity (Wildman–Crippen MR) is 247 cm³/mol. The van der Waals surface area contributed by atoms with Crippen LogP contribution in [0.25, 0.3) is 98.8 Å². The van der Waals surface area contributed by atoms with Gasteiger partial charge in [0.1, 0.15) is 22.3 Å². The summed E-state index contributed by atoms with van der Waals surface area (Å²) in [5, 5.41) is 9.24. The van der Waals surface area contributed by atoms with E-state index in [0.717, 1.165) is 83.2 Å². The Morgan fingerprint density at radius 1 is 0.288 bits per heavy atom. The van der Waals surface area contributed by atoms with Gasteiger partial charge in [-0.2, -0.15) is 0 Å². The van der Waals surface area contributed by atoms with Gasteiger partial charge in [0.05, 0.1) is 0 Å². The highest BCUT2D eigenvalue weighted by molar-refractivity contribution is 6.19. The van der Waals surface area contributed by atoms with Gasteiger partial charge in [0, 0.05) is 55.8 Å². The van der Waals surface area contributed by atoms with Crippen LogP contribution >= 0.6 is 0 Å². The molecule has 0 aliphatic heterocycles. The Bertz CT molecular complexity index is 3540. The summed E-state index contributed by atoms with van der Waals surface area (Å²) in [4.78, 5) is 2.31. The van der Waals surface area contributed by atoms with Crippen LogP contribution in [0.2, 0.25) is 0 Å². The molecule has 59 heavy (non-hydrogen) atoms. The van der Waals surface area contributed by atoms with Crippen molar-refractivity contribution in [1.82, 2.24) is 0 Å². The summed E-state index contributed by atoms with van der Waals surface area (Å²) in [7, 11) is 0. The van der Waals surface area contributed by atoms with Crippen LogP contribution in [0.5, 0.6) is 0 Å². The van der Waals surface area contributed by atoms with Gasteiger partial charge in [-0.1, -0.05) is 152 Å². The number of furan rings is 2. The lowest BCUT2D eigenvalue weighted by Gasteiger charge is -2.26. The van der Waals surface area contributed by atoms with Crippen LogP contribution in [0, 0.1) is 0 Å². The smallest absolute Gasteiger partial charge is 0.143 e. The van der Waals surface area contributed by atoms with Gasteiger partial charge in [-0.25, -0.2) is 0 Å². The highest BCUT2D eigenvalue weighted by Gasteiger charge is 2.20. The van der Waals surface area contributed by atoms with Crippen molar-refractivity contribution in [3.63, 3.8) is 0 Å². The Balaban J connectivity index is 1.02. The average Bonchev–Trinajstić information content (AvgIpc) is 3.87. The normalized spacial score (nSPS) is 11.7. The molecule has 2 aromatic heterocycles. The number of benzene rings is 10. The van der Waals surface area contributed by atoms with Crippen molar-refractivity contribution in [1.29, 1.82) is 0 Å². The van der Waals surface area contributed by atoms with Gasteiger partial charge >= 0.3 is 0 Å². The van der Waals surface area contributed by atoms with E-state index in [0.29, 0.717) is 0 Å². The third-order valence-corrected chi connectivity index (χ3v) is 11.8. The van der Waals surface area contributed by atoms with Crippen molar-refractivity contribution in [3.05, 3.63) is 212 Å². The fraction of sp³-hybridized carbons (Fsp3) is 0. The number of hydrogen-bond acceptors (Lipinski definition) is 3. The van der Waals surface area contributed by atoms with Crippen LogP contribution in [0.1, 0.15) is 0 Å². The summed E-state index contributed by atoms with van der Waals surface area (Å²) in [6.07, 6.45) is 0. The molecule has 0 radical (unpaired) electrons. The summed E-state index contributed by atoms with van der Waals surface area (Å²) in [6, 6.07) is 75.6.